The first kappa shape index (κ1) is 12.1. The second-order valence-corrected chi connectivity index (χ2v) is 5.86. The molecule has 0 aliphatic carbocycles. The molecule has 1 unspecified atom stereocenters. The van der Waals surface area contributed by atoms with E-state index in [1.54, 1.807) is 12.1 Å². The Morgan fingerprint density at radius 2 is 2.24 bits per heavy atom. The minimum absolute atomic E-state index is 0.0353. The largest absolute Gasteiger partial charge is 0.505 e. The second kappa shape index (κ2) is 4.46. The molecule has 0 fully saturated rings. The monoisotopic (exact) mass is 257 g/mol. The number of phenolic OH excluding ortho intramolecular Hbond substituents is 1. The zero-order valence-corrected chi connectivity index (χ0v) is 9.74. The molecule has 1 aliphatic rings. The van der Waals surface area contributed by atoms with E-state index in [1.807, 2.05) is 0 Å². The van der Waals surface area contributed by atoms with Crippen molar-refractivity contribution in [1.29, 1.82) is 0 Å². The van der Waals surface area contributed by atoms with E-state index in [1.165, 1.54) is 17.5 Å². The molecule has 4 nitrogen and oxygen atoms in total. The van der Waals surface area contributed by atoms with Gasteiger partial charge in [-0.25, -0.2) is 12.8 Å². The van der Waals surface area contributed by atoms with E-state index in [4.69, 9.17) is 5.11 Å². The Balaban J connectivity index is 1.95. The van der Waals surface area contributed by atoms with Crippen molar-refractivity contribution in [2.45, 2.75) is 12.6 Å². The van der Waals surface area contributed by atoms with Crippen LogP contribution in [0.5, 0.6) is 5.75 Å². The first-order valence-electron chi connectivity index (χ1n) is 5.08. The minimum Gasteiger partial charge on any atom is -0.505 e. The summed E-state index contributed by atoms with van der Waals surface area (Å²) in [5.74, 6) is -1.04. The van der Waals surface area contributed by atoms with Crippen molar-refractivity contribution in [3.8, 4) is 5.75 Å². The summed E-state index contributed by atoms with van der Waals surface area (Å²) in [7, 11) is -3.07. The van der Waals surface area contributed by atoms with Crippen molar-refractivity contribution in [3.63, 3.8) is 0 Å². The molecule has 0 saturated heterocycles. The number of hydrogen-bond donors (Lipinski definition) is 2. The predicted molar refractivity (Wildman–Crippen MR) is 61.6 cm³/mol. The van der Waals surface area contributed by atoms with Crippen LogP contribution in [0.15, 0.2) is 29.7 Å². The number of rotatable bonds is 3. The van der Waals surface area contributed by atoms with Crippen LogP contribution in [-0.2, 0) is 16.4 Å². The molecule has 1 atom stereocenters. The highest BCUT2D eigenvalue weighted by atomic mass is 32.2. The Morgan fingerprint density at radius 1 is 1.47 bits per heavy atom. The molecular weight excluding hydrogens is 245 g/mol. The van der Waals surface area contributed by atoms with Crippen molar-refractivity contribution in [2.24, 2.45) is 0 Å². The lowest BCUT2D eigenvalue weighted by Crippen LogP contribution is -2.29. The third kappa shape index (κ3) is 3.04. The van der Waals surface area contributed by atoms with Crippen molar-refractivity contribution in [2.75, 3.05) is 5.75 Å². The van der Waals surface area contributed by atoms with Crippen LogP contribution in [0.2, 0.25) is 0 Å². The summed E-state index contributed by atoms with van der Waals surface area (Å²) in [4.78, 5) is 0. The van der Waals surface area contributed by atoms with Gasteiger partial charge in [0.2, 0.25) is 0 Å². The Morgan fingerprint density at radius 3 is 2.82 bits per heavy atom. The molecule has 92 valence electrons. The van der Waals surface area contributed by atoms with Crippen LogP contribution in [0, 0.1) is 5.82 Å². The molecular formula is C11H12FNO3S. The van der Waals surface area contributed by atoms with Gasteiger partial charge in [-0.15, -0.1) is 0 Å². The molecule has 6 heteroatoms. The zero-order chi connectivity index (χ0) is 12.5. The molecule has 2 N–H and O–H groups in total. The van der Waals surface area contributed by atoms with Crippen molar-refractivity contribution >= 4 is 9.84 Å². The molecule has 1 aromatic carbocycles. The average molecular weight is 257 g/mol. The van der Waals surface area contributed by atoms with Crippen LogP contribution in [0.4, 0.5) is 4.39 Å². The highest BCUT2D eigenvalue weighted by Crippen LogP contribution is 2.16. The summed E-state index contributed by atoms with van der Waals surface area (Å²) in [6.45, 7) is 0.349. The summed E-state index contributed by atoms with van der Waals surface area (Å²) >= 11 is 0. The van der Waals surface area contributed by atoms with Crippen molar-refractivity contribution < 1.29 is 17.9 Å². The fraction of sp³-hybridized carbons (Fsp3) is 0.273. The van der Waals surface area contributed by atoms with Gasteiger partial charge in [0, 0.05) is 18.0 Å². The van der Waals surface area contributed by atoms with E-state index < -0.39 is 21.4 Å². The quantitative estimate of drug-likeness (QED) is 0.845. The van der Waals surface area contributed by atoms with Gasteiger partial charge < -0.3 is 10.4 Å². The van der Waals surface area contributed by atoms with E-state index in [0.717, 1.165) is 0 Å². The molecule has 2 rings (SSSR count). The van der Waals surface area contributed by atoms with Crippen LogP contribution in [0.1, 0.15) is 5.56 Å². The summed E-state index contributed by atoms with van der Waals surface area (Å²) < 4.78 is 35.3. The molecule has 0 radical (unpaired) electrons. The first-order valence-corrected chi connectivity index (χ1v) is 6.79. The Hall–Kier alpha value is -1.40. The number of nitrogens with one attached hydrogen (secondary N) is 1. The van der Waals surface area contributed by atoms with E-state index in [-0.39, 0.29) is 11.8 Å². The molecule has 17 heavy (non-hydrogen) atoms. The van der Waals surface area contributed by atoms with Gasteiger partial charge in [-0.2, -0.15) is 0 Å². The fourth-order valence-corrected chi connectivity index (χ4v) is 2.88. The fourth-order valence-electron chi connectivity index (χ4n) is 1.61. The topological polar surface area (TPSA) is 66.4 Å². The van der Waals surface area contributed by atoms with Crippen LogP contribution in [-0.4, -0.2) is 25.3 Å². The molecule has 1 heterocycles. The maximum atomic E-state index is 13.0. The van der Waals surface area contributed by atoms with Crippen molar-refractivity contribution in [3.05, 3.63) is 41.1 Å². The summed E-state index contributed by atoms with van der Waals surface area (Å²) in [5.41, 5.74) is 0.651. The maximum absolute atomic E-state index is 13.0. The second-order valence-electron chi connectivity index (χ2n) is 3.93. The van der Waals surface area contributed by atoms with Crippen molar-refractivity contribution in [1.82, 2.24) is 5.32 Å². The summed E-state index contributed by atoms with van der Waals surface area (Å²) in [6.07, 6.45) is 1.58. The van der Waals surface area contributed by atoms with Gasteiger partial charge in [0.1, 0.15) is 0 Å². The van der Waals surface area contributed by atoms with Gasteiger partial charge in [0.05, 0.1) is 5.75 Å². The highest BCUT2D eigenvalue weighted by Gasteiger charge is 2.20. The number of halogens is 1. The molecule has 1 aromatic rings. The van der Waals surface area contributed by atoms with Crippen LogP contribution < -0.4 is 5.32 Å². The number of benzene rings is 1. The summed E-state index contributed by atoms with van der Waals surface area (Å²) in [6, 6.07) is 3.83. The van der Waals surface area contributed by atoms with Gasteiger partial charge in [0.15, 0.2) is 21.4 Å². The SMILES string of the molecule is O=S1(=O)C=CC(NCc2ccc(O)c(F)c2)C1. The maximum Gasteiger partial charge on any atom is 0.173 e. The number of phenols is 1. The smallest absolute Gasteiger partial charge is 0.173 e. The van der Waals surface area contributed by atoms with E-state index >= 15 is 0 Å². The number of aromatic hydroxyl groups is 1. The standard InChI is InChI=1S/C11H12FNO3S/c12-10-5-8(1-2-11(10)14)6-13-9-3-4-17(15,16)7-9/h1-5,9,13-14H,6-7H2. The third-order valence-corrected chi connectivity index (χ3v) is 3.91. The molecule has 1 aliphatic heterocycles. The first-order chi connectivity index (χ1) is 7.96. The summed E-state index contributed by atoms with van der Waals surface area (Å²) in [5, 5.41) is 13.2. The van der Waals surface area contributed by atoms with E-state index in [9.17, 15) is 12.8 Å². The lowest BCUT2D eigenvalue weighted by Gasteiger charge is -2.09. The lowest BCUT2D eigenvalue weighted by atomic mass is 10.2. The van der Waals surface area contributed by atoms with E-state index in [2.05, 4.69) is 5.32 Å². The zero-order valence-electron chi connectivity index (χ0n) is 8.93. The van der Waals surface area contributed by atoms with Crippen LogP contribution in [0.25, 0.3) is 0 Å². The lowest BCUT2D eigenvalue weighted by molar-refractivity contribution is 0.431. The van der Waals surface area contributed by atoms with Gasteiger partial charge in [-0.05, 0) is 17.7 Å². The predicted octanol–water partition coefficient (Wildman–Crippen LogP) is 0.932. The van der Waals surface area contributed by atoms with Gasteiger partial charge in [0.25, 0.3) is 0 Å². The Bertz CT molecular complexity index is 554. The normalized spacial score (nSPS) is 21.8. The van der Waals surface area contributed by atoms with Gasteiger partial charge in [-0.3, -0.25) is 0 Å². The van der Waals surface area contributed by atoms with Gasteiger partial charge >= 0.3 is 0 Å². The molecule has 0 amide bonds. The minimum atomic E-state index is -3.07. The molecule has 0 spiro atoms. The Labute approximate surface area is 98.7 Å². The number of sulfone groups is 1. The average Bonchev–Trinajstić information content (AvgIpc) is 2.60. The third-order valence-electron chi connectivity index (χ3n) is 2.51. The molecule has 0 saturated carbocycles. The van der Waals surface area contributed by atoms with E-state index in [0.29, 0.717) is 12.1 Å². The van der Waals surface area contributed by atoms with Crippen LogP contribution in [0.3, 0.4) is 0 Å². The van der Waals surface area contributed by atoms with Crippen LogP contribution >= 0.6 is 0 Å². The molecule has 0 bridgehead atoms. The highest BCUT2D eigenvalue weighted by molar-refractivity contribution is 7.94. The number of hydrogen-bond acceptors (Lipinski definition) is 4. The van der Waals surface area contributed by atoms with Gasteiger partial charge in [-0.1, -0.05) is 12.1 Å². The molecule has 0 aromatic heterocycles. The Kier molecular flexibility index (Phi) is 3.17.